The second kappa shape index (κ2) is 7.77. The van der Waals surface area contributed by atoms with Crippen LogP contribution in [0.15, 0.2) is 18.5 Å². The molecule has 0 unspecified atom stereocenters. The number of hydrogen-bond acceptors (Lipinski definition) is 4. The number of piperidine rings is 1. The molecule has 0 aromatic carbocycles. The van der Waals surface area contributed by atoms with Crippen molar-refractivity contribution in [1.29, 1.82) is 0 Å². The molecule has 2 aliphatic heterocycles. The van der Waals surface area contributed by atoms with E-state index in [9.17, 15) is 4.79 Å². The number of carbonyl (C=O) groups is 1. The Morgan fingerprint density at radius 1 is 1.30 bits per heavy atom. The number of rotatable bonds is 4. The maximum absolute atomic E-state index is 12.0. The molecule has 3 heterocycles. The summed E-state index contributed by atoms with van der Waals surface area (Å²) >= 11 is 0. The molecule has 0 spiro atoms. The molecule has 23 heavy (non-hydrogen) atoms. The second-order valence-corrected chi connectivity index (χ2v) is 6.55. The van der Waals surface area contributed by atoms with E-state index >= 15 is 0 Å². The van der Waals surface area contributed by atoms with Crippen LogP contribution in [0.1, 0.15) is 43.7 Å². The zero-order valence-corrected chi connectivity index (χ0v) is 14.0. The monoisotopic (exact) mass is 317 g/mol. The van der Waals surface area contributed by atoms with E-state index in [2.05, 4.69) is 22.9 Å². The maximum atomic E-state index is 12.0. The van der Waals surface area contributed by atoms with Crippen LogP contribution in [0.25, 0.3) is 0 Å². The van der Waals surface area contributed by atoms with Gasteiger partial charge in [-0.05, 0) is 42.9 Å². The van der Waals surface area contributed by atoms with Gasteiger partial charge in [-0.1, -0.05) is 13.3 Å². The lowest BCUT2D eigenvalue weighted by molar-refractivity contribution is 0.0674. The predicted molar refractivity (Wildman–Crippen MR) is 89.2 cm³/mol. The normalized spacial score (nSPS) is 19.4. The first-order valence-electron chi connectivity index (χ1n) is 8.85. The first kappa shape index (κ1) is 16.2. The minimum absolute atomic E-state index is 0.134. The van der Waals surface area contributed by atoms with E-state index in [1.165, 1.54) is 11.1 Å². The Labute approximate surface area is 138 Å². The quantitative estimate of drug-likeness (QED) is 0.801. The van der Waals surface area contributed by atoms with Gasteiger partial charge in [-0.25, -0.2) is 4.79 Å². The molecule has 5 nitrogen and oxygen atoms in total. The number of ether oxygens (including phenoxy) is 1. The molecular formula is C18H27N3O2. The standard InChI is InChI=1S/C18H27N3O2/c1-2-3-12-23-18(22)20-10-6-17(7-11-20)21-9-5-15-4-8-19-13-16(15)14-21/h4,8,13,17H,2-3,5-7,9-12,14H2,1H3. The number of unbranched alkanes of at least 4 members (excludes halogenated alkanes) is 1. The molecule has 0 aliphatic carbocycles. The van der Waals surface area contributed by atoms with Gasteiger partial charge in [0.1, 0.15) is 0 Å². The van der Waals surface area contributed by atoms with Crippen molar-refractivity contribution < 1.29 is 9.53 Å². The molecule has 2 aliphatic rings. The van der Waals surface area contributed by atoms with Gasteiger partial charge in [-0.3, -0.25) is 9.88 Å². The highest BCUT2D eigenvalue weighted by molar-refractivity contribution is 5.67. The van der Waals surface area contributed by atoms with Gasteiger partial charge < -0.3 is 9.64 Å². The van der Waals surface area contributed by atoms with Crippen molar-refractivity contribution in [3.63, 3.8) is 0 Å². The van der Waals surface area contributed by atoms with Crippen molar-refractivity contribution in [3.8, 4) is 0 Å². The summed E-state index contributed by atoms with van der Waals surface area (Å²) in [7, 11) is 0. The fourth-order valence-corrected chi connectivity index (χ4v) is 3.52. The highest BCUT2D eigenvalue weighted by Crippen LogP contribution is 2.24. The van der Waals surface area contributed by atoms with Crippen molar-refractivity contribution >= 4 is 6.09 Å². The average molecular weight is 317 g/mol. The van der Waals surface area contributed by atoms with Gasteiger partial charge in [0, 0.05) is 44.6 Å². The minimum atomic E-state index is -0.134. The number of likely N-dealkylation sites (tertiary alicyclic amines) is 1. The number of carbonyl (C=O) groups excluding carboxylic acids is 1. The van der Waals surface area contributed by atoms with Gasteiger partial charge in [-0.15, -0.1) is 0 Å². The van der Waals surface area contributed by atoms with Gasteiger partial charge in [0.15, 0.2) is 0 Å². The molecule has 0 N–H and O–H groups in total. The number of aromatic nitrogens is 1. The summed E-state index contributed by atoms with van der Waals surface area (Å²) in [6, 6.07) is 2.71. The van der Waals surface area contributed by atoms with E-state index < -0.39 is 0 Å². The van der Waals surface area contributed by atoms with Gasteiger partial charge >= 0.3 is 6.09 Å². The first-order valence-corrected chi connectivity index (χ1v) is 8.85. The van der Waals surface area contributed by atoms with E-state index in [0.717, 1.165) is 58.3 Å². The van der Waals surface area contributed by atoms with Gasteiger partial charge in [0.05, 0.1) is 6.61 Å². The second-order valence-electron chi connectivity index (χ2n) is 6.55. The van der Waals surface area contributed by atoms with Crippen LogP contribution in [0, 0.1) is 0 Å². The number of pyridine rings is 1. The lowest BCUT2D eigenvalue weighted by Gasteiger charge is -2.40. The molecule has 1 aromatic rings. The Kier molecular flexibility index (Phi) is 5.49. The van der Waals surface area contributed by atoms with Gasteiger partial charge in [0.25, 0.3) is 0 Å². The summed E-state index contributed by atoms with van der Waals surface area (Å²) in [5.74, 6) is 0. The molecule has 5 heteroatoms. The zero-order chi connectivity index (χ0) is 16.1. The summed E-state index contributed by atoms with van der Waals surface area (Å²) in [4.78, 5) is 20.7. The van der Waals surface area contributed by atoms with Crippen LogP contribution in [-0.4, -0.2) is 53.2 Å². The fourth-order valence-electron chi connectivity index (χ4n) is 3.52. The molecule has 0 radical (unpaired) electrons. The molecular weight excluding hydrogens is 290 g/mol. The smallest absolute Gasteiger partial charge is 0.409 e. The van der Waals surface area contributed by atoms with Crippen LogP contribution in [0.4, 0.5) is 4.79 Å². The first-order chi connectivity index (χ1) is 11.3. The van der Waals surface area contributed by atoms with E-state index in [0.29, 0.717) is 12.6 Å². The Bertz CT molecular complexity index is 527. The third-order valence-corrected chi connectivity index (χ3v) is 5.01. The third kappa shape index (κ3) is 4.02. The molecule has 0 atom stereocenters. The predicted octanol–water partition coefficient (Wildman–Crippen LogP) is 2.84. The van der Waals surface area contributed by atoms with E-state index in [1.807, 2.05) is 17.3 Å². The summed E-state index contributed by atoms with van der Waals surface area (Å²) in [5.41, 5.74) is 2.80. The largest absolute Gasteiger partial charge is 0.449 e. The number of nitrogens with zero attached hydrogens (tertiary/aromatic N) is 3. The fraction of sp³-hybridized carbons (Fsp3) is 0.667. The van der Waals surface area contributed by atoms with Crippen LogP contribution < -0.4 is 0 Å². The van der Waals surface area contributed by atoms with E-state index in [-0.39, 0.29) is 6.09 Å². The third-order valence-electron chi connectivity index (χ3n) is 5.01. The van der Waals surface area contributed by atoms with Gasteiger partial charge in [-0.2, -0.15) is 0 Å². The number of amides is 1. The highest BCUT2D eigenvalue weighted by Gasteiger charge is 2.29. The molecule has 1 aromatic heterocycles. The Hall–Kier alpha value is -1.62. The van der Waals surface area contributed by atoms with Crippen LogP contribution in [0.3, 0.4) is 0 Å². The SMILES string of the molecule is CCCCOC(=O)N1CCC(N2CCc3ccncc3C2)CC1. The lowest BCUT2D eigenvalue weighted by atomic mass is 9.97. The van der Waals surface area contributed by atoms with Crippen molar-refractivity contribution in [2.24, 2.45) is 0 Å². The molecule has 0 bridgehead atoms. The lowest BCUT2D eigenvalue weighted by Crippen LogP contribution is -2.48. The minimum Gasteiger partial charge on any atom is -0.449 e. The average Bonchev–Trinajstić information content (AvgIpc) is 2.61. The topological polar surface area (TPSA) is 45.7 Å². The molecule has 1 amide bonds. The Morgan fingerprint density at radius 3 is 2.91 bits per heavy atom. The van der Waals surface area contributed by atoms with Crippen LogP contribution in [0.5, 0.6) is 0 Å². The Balaban J connectivity index is 1.47. The highest BCUT2D eigenvalue weighted by atomic mass is 16.6. The maximum Gasteiger partial charge on any atom is 0.409 e. The molecule has 3 rings (SSSR count). The van der Waals surface area contributed by atoms with Gasteiger partial charge in [0.2, 0.25) is 0 Å². The number of hydrogen-bond donors (Lipinski definition) is 0. The van der Waals surface area contributed by atoms with Crippen molar-refractivity contribution in [1.82, 2.24) is 14.8 Å². The number of fused-ring (bicyclic) bond motifs is 1. The summed E-state index contributed by atoms with van der Waals surface area (Å²) in [6.07, 6.45) is 8.95. The van der Waals surface area contributed by atoms with Crippen molar-refractivity contribution in [3.05, 3.63) is 29.6 Å². The molecule has 0 saturated carbocycles. The van der Waals surface area contributed by atoms with Crippen molar-refractivity contribution in [2.45, 2.75) is 51.6 Å². The molecule has 1 saturated heterocycles. The van der Waals surface area contributed by atoms with E-state index in [1.54, 1.807) is 0 Å². The van der Waals surface area contributed by atoms with Crippen LogP contribution in [0.2, 0.25) is 0 Å². The summed E-state index contributed by atoms with van der Waals surface area (Å²) in [6.45, 7) is 6.38. The van der Waals surface area contributed by atoms with Crippen LogP contribution in [-0.2, 0) is 17.7 Å². The zero-order valence-electron chi connectivity index (χ0n) is 14.0. The van der Waals surface area contributed by atoms with Crippen LogP contribution >= 0.6 is 0 Å². The molecule has 1 fully saturated rings. The summed E-state index contributed by atoms with van der Waals surface area (Å²) in [5, 5.41) is 0. The van der Waals surface area contributed by atoms with Crippen molar-refractivity contribution in [2.75, 3.05) is 26.2 Å². The van der Waals surface area contributed by atoms with E-state index in [4.69, 9.17) is 4.74 Å². The summed E-state index contributed by atoms with van der Waals surface area (Å²) < 4.78 is 5.31. The molecule has 126 valence electrons. The Morgan fingerprint density at radius 2 is 2.13 bits per heavy atom.